The van der Waals surface area contributed by atoms with Crippen LogP contribution in [-0.2, 0) is 4.74 Å². The molecule has 1 aromatic heterocycles. The Hall–Kier alpha value is -2.42. The Bertz CT molecular complexity index is 837. The fourth-order valence-corrected chi connectivity index (χ4v) is 3.84. The predicted molar refractivity (Wildman–Crippen MR) is 105 cm³/mol. The second kappa shape index (κ2) is 7.67. The molecule has 0 spiro atoms. The van der Waals surface area contributed by atoms with E-state index in [-0.39, 0.29) is 11.8 Å². The molecule has 0 radical (unpaired) electrons. The third-order valence-electron chi connectivity index (χ3n) is 4.39. The van der Waals surface area contributed by atoms with Gasteiger partial charge in [0.1, 0.15) is 5.60 Å². The van der Waals surface area contributed by atoms with E-state index in [9.17, 15) is 14.9 Å². The lowest BCUT2D eigenvalue weighted by Gasteiger charge is -2.33. The third kappa shape index (κ3) is 5.06. The number of likely N-dealkylation sites (tertiary alicyclic amines) is 1. The van der Waals surface area contributed by atoms with Crippen LogP contribution in [0.1, 0.15) is 33.6 Å². The van der Waals surface area contributed by atoms with Gasteiger partial charge < -0.3 is 15.0 Å². The largest absolute Gasteiger partial charge is 0.444 e. The average Bonchev–Trinajstić information content (AvgIpc) is 3.01. The lowest BCUT2D eigenvalue weighted by molar-refractivity contribution is -0.384. The number of amides is 1. The summed E-state index contributed by atoms with van der Waals surface area (Å²) in [4.78, 5) is 28.8. The number of anilines is 1. The van der Waals surface area contributed by atoms with Crippen LogP contribution in [0, 0.1) is 16.0 Å². The predicted octanol–water partition coefficient (Wildman–Crippen LogP) is 4.26. The molecule has 0 atom stereocenters. The second-order valence-corrected chi connectivity index (χ2v) is 8.75. The normalized spacial score (nSPS) is 15.7. The lowest BCUT2D eigenvalue weighted by atomic mass is 9.97. The number of non-ortho nitro benzene ring substituents is 1. The van der Waals surface area contributed by atoms with Crippen molar-refractivity contribution < 1.29 is 14.5 Å². The summed E-state index contributed by atoms with van der Waals surface area (Å²) in [6.45, 7) is 7.75. The minimum Gasteiger partial charge on any atom is -0.444 e. The molecular formula is C18H24N4O4S. The van der Waals surface area contributed by atoms with Crippen LogP contribution in [0.15, 0.2) is 18.2 Å². The Morgan fingerprint density at radius 2 is 2.11 bits per heavy atom. The molecule has 0 unspecified atom stereocenters. The summed E-state index contributed by atoms with van der Waals surface area (Å²) < 4.78 is 6.34. The van der Waals surface area contributed by atoms with Crippen LogP contribution in [-0.4, -0.2) is 46.1 Å². The number of thiazole rings is 1. The van der Waals surface area contributed by atoms with Crippen LogP contribution in [0.25, 0.3) is 10.2 Å². The number of carbonyl (C=O) groups is 1. The van der Waals surface area contributed by atoms with Gasteiger partial charge in [-0.2, -0.15) is 0 Å². The highest BCUT2D eigenvalue weighted by molar-refractivity contribution is 7.22. The number of ether oxygens (including phenoxy) is 1. The Morgan fingerprint density at radius 1 is 1.41 bits per heavy atom. The summed E-state index contributed by atoms with van der Waals surface area (Å²) in [6, 6.07) is 4.72. The Kier molecular flexibility index (Phi) is 5.50. The molecule has 1 aromatic carbocycles. The molecule has 27 heavy (non-hydrogen) atoms. The Morgan fingerprint density at radius 3 is 2.74 bits per heavy atom. The molecule has 0 bridgehead atoms. The van der Waals surface area contributed by atoms with Crippen molar-refractivity contribution in [2.45, 2.75) is 39.2 Å². The molecule has 0 aliphatic carbocycles. The first-order valence-corrected chi connectivity index (χ1v) is 9.80. The van der Waals surface area contributed by atoms with E-state index in [4.69, 9.17) is 4.74 Å². The number of benzene rings is 1. The maximum absolute atomic E-state index is 12.1. The number of nitrogens with one attached hydrogen (secondary N) is 1. The van der Waals surface area contributed by atoms with Crippen molar-refractivity contribution in [2.24, 2.45) is 5.92 Å². The first-order valence-electron chi connectivity index (χ1n) is 8.98. The lowest BCUT2D eigenvalue weighted by Crippen LogP contribution is -2.42. The van der Waals surface area contributed by atoms with E-state index in [0.717, 1.165) is 29.2 Å². The standard InChI is InChI=1S/C18H24N4O4S/c1-18(2,3)26-17(23)21-8-6-12(7-9-21)11-19-16-20-14-10-13(22(24)25)4-5-15(14)27-16/h4-5,10,12H,6-9,11H2,1-3H3,(H,19,20). The average molecular weight is 392 g/mol. The van der Waals surface area contributed by atoms with Gasteiger partial charge in [0.2, 0.25) is 0 Å². The van der Waals surface area contributed by atoms with Crippen molar-refractivity contribution in [1.29, 1.82) is 0 Å². The molecule has 1 aliphatic rings. The summed E-state index contributed by atoms with van der Waals surface area (Å²) in [6.07, 6.45) is 1.56. The quantitative estimate of drug-likeness (QED) is 0.616. The minimum absolute atomic E-state index is 0.0499. The van der Waals surface area contributed by atoms with Crippen molar-refractivity contribution in [3.05, 3.63) is 28.3 Å². The highest BCUT2D eigenvalue weighted by Crippen LogP contribution is 2.29. The van der Waals surface area contributed by atoms with Crippen molar-refractivity contribution in [3.63, 3.8) is 0 Å². The van der Waals surface area contributed by atoms with Crippen LogP contribution in [0.2, 0.25) is 0 Å². The number of carbonyl (C=O) groups excluding carboxylic acids is 1. The van der Waals surface area contributed by atoms with Gasteiger partial charge in [0, 0.05) is 31.8 Å². The van der Waals surface area contributed by atoms with E-state index in [1.807, 2.05) is 20.8 Å². The van der Waals surface area contributed by atoms with Gasteiger partial charge in [-0.05, 0) is 45.6 Å². The topological polar surface area (TPSA) is 97.6 Å². The van der Waals surface area contributed by atoms with Crippen LogP contribution in [0.3, 0.4) is 0 Å². The van der Waals surface area contributed by atoms with Gasteiger partial charge in [0.25, 0.3) is 5.69 Å². The number of fused-ring (bicyclic) bond motifs is 1. The molecule has 3 rings (SSSR count). The smallest absolute Gasteiger partial charge is 0.410 e. The van der Waals surface area contributed by atoms with Crippen LogP contribution >= 0.6 is 11.3 Å². The second-order valence-electron chi connectivity index (χ2n) is 7.72. The summed E-state index contributed by atoms with van der Waals surface area (Å²) in [5.74, 6) is 0.449. The third-order valence-corrected chi connectivity index (χ3v) is 5.38. The Balaban J connectivity index is 1.51. The molecular weight excluding hydrogens is 368 g/mol. The van der Waals surface area contributed by atoms with Gasteiger partial charge in [-0.1, -0.05) is 11.3 Å². The van der Waals surface area contributed by atoms with E-state index in [0.29, 0.717) is 24.5 Å². The molecule has 9 heteroatoms. The number of nitro benzene ring substituents is 1. The fraction of sp³-hybridized carbons (Fsp3) is 0.556. The summed E-state index contributed by atoms with van der Waals surface area (Å²) in [5, 5.41) is 15.0. The molecule has 1 amide bonds. The van der Waals surface area contributed by atoms with E-state index >= 15 is 0 Å². The molecule has 2 aromatic rings. The number of nitro groups is 1. The summed E-state index contributed by atoms with van der Waals surface area (Å²) in [7, 11) is 0. The SMILES string of the molecule is CC(C)(C)OC(=O)N1CCC(CNc2nc3cc([N+](=O)[O-])ccc3s2)CC1. The highest BCUT2D eigenvalue weighted by Gasteiger charge is 2.26. The number of rotatable bonds is 4. The molecule has 8 nitrogen and oxygen atoms in total. The van der Waals surface area contributed by atoms with Crippen molar-refractivity contribution >= 4 is 38.5 Å². The number of aromatic nitrogens is 1. The zero-order valence-corrected chi connectivity index (χ0v) is 16.5. The first-order chi connectivity index (χ1) is 12.7. The number of nitrogens with zero attached hydrogens (tertiary/aromatic N) is 3. The fourth-order valence-electron chi connectivity index (χ4n) is 2.98. The molecule has 146 valence electrons. The van der Waals surface area contributed by atoms with Gasteiger partial charge in [0.05, 0.1) is 15.1 Å². The van der Waals surface area contributed by atoms with Gasteiger partial charge >= 0.3 is 6.09 Å². The zero-order chi connectivity index (χ0) is 19.6. The van der Waals surface area contributed by atoms with Gasteiger partial charge in [-0.25, -0.2) is 9.78 Å². The zero-order valence-electron chi connectivity index (χ0n) is 15.7. The summed E-state index contributed by atoms with van der Waals surface area (Å²) in [5.41, 5.74) is 0.211. The highest BCUT2D eigenvalue weighted by atomic mass is 32.1. The van der Waals surface area contributed by atoms with E-state index in [1.54, 1.807) is 11.0 Å². The summed E-state index contributed by atoms with van der Waals surface area (Å²) >= 11 is 1.49. The molecule has 1 aliphatic heterocycles. The van der Waals surface area contributed by atoms with Crippen LogP contribution in [0.5, 0.6) is 0 Å². The Labute approximate surface area is 161 Å². The van der Waals surface area contributed by atoms with Gasteiger partial charge in [0.15, 0.2) is 5.13 Å². The molecule has 1 N–H and O–H groups in total. The molecule has 2 heterocycles. The first kappa shape index (κ1) is 19.3. The maximum atomic E-state index is 12.1. The van der Waals surface area contributed by atoms with Gasteiger partial charge in [-0.3, -0.25) is 10.1 Å². The van der Waals surface area contributed by atoms with Crippen molar-refractivity contribution in [3.8, 4) is 0 Å². The monoisotopic (exact) mass is 392 g/mol. The van der Waals surface area contributed by atoms with Crippen molar-refractivity contribution in [2.75, 3.05) is 25.0 Å². The molecule has 1 fully saturated rings. The van der Waals surface area contributed by atoms with Crippen molar-refractivity contribution in [1.82, 2.24) is 9.88 Å². The number of hydrogen-bond acceptors (Lipinski definition) is 7. The minimum atomic E-state index is -0.475. The number of hydrogen-bond donors (Lipinski definition) is 1. The molecule has 1 saturated heterocycles. The van der Waals surface area contributed by atoms with Crippen LogP contribution in [0.4, 0.5) is 15.6 Å². The maximum Gasteiger partial charge on any atom is 0.410 e. The van der Waals surface area contributed by atoms with E-state index < -0.39 is 10.5 Å². The van der Waals surface area contributed by atoms with Gasteiger partial charge in [-0.15, -0.1) is 0 Å². The van der Waals surface area contributed by atoms with E-state index in [1.165, 1.54) is 23.5 Å². The van der Waals surface area contributed by atoms with Crippen LogP contribution < -0.4 is 5.32 Å². The number of piperidine rings is 1. The van der Waals surface area contributed by atoms with E-state index in [2.05, 4.69) is 10.3 Å². The molecule has 0 saturated carbocycles.